The van der Waals surface area contributed by atoms with Crippen LogP contribution in [0.1, 0.15) is 10.5 Å². The Kier molecular flexibility index (Phi) is 2.86. The fourth-order valence-electron chi connectivity index (χ4n) is 1.40. The third kappa shape index (κ3) is 1.78. The van der Waals surface area contributed by atoms with Crippen molar-refractivity contribution in [2.75, 3.05) is 0 Å². The lowest BCUT2D eigenvalue weighted by Gasteiger charge is -2.04. The van der Waals surface area contributed by atoms with Crippen molar-refractivity contribution in [1.29, 1.82) is 0 Å². The molecule has 1 aromatic carbocycles. The number of carbonyl (C=O) groups is 1. The van der Waals surface area contributed by atoms with Gasteiger partial charge in [-0.15, -0.1) is 0 Å². The minimum Gasteiger partial charge on any atom is -0.477 e. The van der Waals surface area contributed by atoms with Gasteiger partial charge in [-0.1, -0.05) is 0 Å². The summed E-state index contributed by atoms with van der Waals surface area (Å²) in [5.41, 5.74) is 0.00917. The van der Waals surface area contributed by atoms with E-state index >= 15 is 0 Å². The van der Waals surface area contributed by atoms with Crippen LogP contribution < -0.4 is 5.43 Å². The number of carboxylic acid groups (broad SMARTS) is 1. The summed E-state index contributed by atoms with van der Waals surface area (Å²) in [5.74, 6) is -1.16. The maximum atomic E-state index is 11.7. The van der Waals surface area contributed by atoms with Crippen molar-refractivity contribution in [2.45, 2.75) is 0 Å². The minimum absolute atomic E-state index is 0.128. The molecule has 2 N–H and O–H groups in total. The number of pyridine rings is 1. The zero-order valence-electron chi connectivity index (χ0n) is 7.75. The van der Waals surface area contributed by atoms with E-state index in [0.717, 1.165) is 6.07 Å². The van der Waals surface area contributed by atoms with Crippen LogP contribution in [0.5, 0.6) is 0 Å². The van der Waals surface area contributed by atoms with E-state index in [1.807, 2.05) is 0 Å². The quantitative estimate of drug-likeness (QED) is 0.834. The molecule has 0 aliphatic carbocycles. The molecule has 2 aromatic rings. The molecule has 0 saturated heterocycles. The first-order chi connectivity index (χ1) is 7.50. The summed E-state index contributed by atoms with van der Waals surface area (Å²) < 4.78 is 1.27. The van der Waals surface area contributed by atoms with Gasteiger partial charge in [0.2, 0.25) is 0 Å². The number of hydrogen-bond donors (Lipinski definition) is 2. The molecular weight excluding hydrogens is 342 g/mol. The maximum Gasteiger partial charge on any atom is 0.352 e. The van der Waals surface area contributed by atoms with Crippen LogP contribution in [-0.2, 0) is 0 Å². The van der Waals surface area contributed by atoms with Crippen LogP contribution in [-0.4, -0.2) is 16.1 Å². The highest BCUT2D eigenvalue weighted by Gasteiger charge is 2.11. The zero-order valence-corrected chi connectivity index (χ0v) is 10.9. The number of rotatable bonds is 1. The molecule has 0 atom stereocenters. The fourth-order valence-corrected chi connectivity index (χ4v) is 2.36. The molecule has 0 fully saturated rings. The second-order valence-corrected chi connectivity index (χ2v) is 4.84. The van der Waals surface area contributed by atoms with E-state index in [-0.39, 0.29) is 11.1 Å². The van der Waals surface area contributed by atoms with Crippen molar-refractivity contribution in [2.24, 2.45) is 0 Å². The number of aromatic nitrogens is 1. The van der Waals surface area contributed by atoms with Crippen molar-refractivity contribution >= 4 is 48.7 Å². The lowest BCUT2D eigenvalue weighted by atomic mass is 10.2. The standard InChI is InChI=1S/C10H5Br2NO3/c11-4-1-2-5(12)9-8(4)7(14)3-6(13-9)10(15)16/h1-3H,(H,13,14)(H,15,16). The Morgan fingerprint density at radius 2 is 1.88 bits per heavy atom. The van der Waals surface area contributed by atoms with Crippen LogP contribution in [0.3, 0.4) is 0 Å². The van der Waals surface area contributed by atoms with E-state index in [2.05, 4.69) is 36.8 Å². The molecule has 1 heterocycles. The topological polar surface area (TPSA) is 70.2 Å². The van der Waals surface area contributed by atoms with Gasteiger partial charge in [0.05, 0.1) is 10.9 Å². The van der Waals surface area contributed by atoms with Crippen LogP contribution in [0.2, 0.25) is 0 Å². The molecule has 2 rings (SSSR count). The van der Waals surface area contributed by atoms with E-state index in [1.54, 1.807) is 12.1 Å². The highest BCUT2D eigenvalue weighted by Crippen LogP contribution is 2.26. The highest BCUT2D eigenvalue weighted by atomic mass is 79.9. The largest absolute Gasteiger partial charge is 0.477 e. The normalized spacial score (nSPS) is 10.6. The van der Waals surface area contributed by atoms with E-state index in [1.165, 1.54) is 0 Å². The van der Waals surface area contributed by atoms with Crippen LogP contribution in [0.15, 0.2) is 31.9 Å². The molecule has 6 heteroatoms. The molecule has 0 radical (unpaired) electrons. The summed E-state index contributed by atoms with van der Waals surface area (Å²) in [6.07, 6.45) is 0. The predicted molar refractivity (Wildman–Crippen MR) is 66.9 cm³/mol. The van der Waals surface area contributed by atoms with Gasteiger partial charge in [-0.2, -0.15) is 0 Å². The van der Waals surface area contributed by atoms with Crippen molar-refractivity contribution < 1.29 is 9.90 Å². The average Bonchev–Trinajstić information content (AvgIpc) is 2.22. The van der Waals surface area contributed by atoms with Gasteiger partial charge in [0.15, 0.2) is 5.43 Å². The molecule has 0 spiro atoms. The van der Waals surface area contributed by atoms with E-state index in [4.69, 9.17) is 5.11 Å². The number of nitrogens with one attached hydrogen (secondary N) is 1. The molecule has 0 saturated carbocycles. The summed E-state index contributed by atoms with van der Waals surface area (Å²) in [7, 11) is 0. The first-order valence-corrected chi connectivity index (χ1v) is 5.83. The highest BCUT2D eigenvalue weighted by molar-refractivity contribution is 9.11. The van der Waals surface area contributed by atoms with Gasteiger partial charge in [-0.05, 0) is 44.0 Å². The maximum absolute atomic E-state index is 11.7. The molecule has 1 aromatic heterocycles. The van der Waals surface area contributed by atoms with Crippen molar-refractivity contribution in [3.05, 3.63) is 43.1 Å². The second-order valence-electron chi connectivity index (χ2n) is 3.13. The Balaban J connectivity index is 2.98. The summed E-state index contributed by atoms with van der Waals surface area (Å²) in [6.45, 7) is 0. The molecule has 0 aliphatic rings. The molecule has 0 amide bonds. The fraction of sp³-hybridized carbons (Fsp3) is 0. The van der Waals surface area contributed by atoms with Gasteiger partial charge < -0.3 is 10.1 Å². The van der Waals surface area contributed by atoms with Gasteiger partial charge in [-0.25, -0.2) is 4.79 Å². The van der Waals surface area contributed by atoms with Crippen molar-refractivity contribution in [3.8, 4) is 0 Å². The average molecular weight is 347 g/mol. The molecule has 0 bridgehead atoms. The lowest BCUT2D eigenvalue weighted by molar-refractivity contribution is 0.0691. The number of carboxylic acids is 1. The summed E-state index contributed by atoms with van der Waals surface area (Å²) in [4.78, 5) is 25.2. The minimum atomic E-state index is -1.16. The number of H-pyrrole nitrogens is 1. The number of fused-ring (bicyclic) bond motifs is 1. The predicted octanol–water partition coefficient (Wildman–Crippen LogP) is 2.75. The van der Waals surface area contributed by atoms with Crippen LogP contribution in [0.4, 0.5) is 0 Å². The first-order valence-electron chi connectivity index (χ1n) is 4.25. The van der Waals surface area contributed by atoms with E-state index in [9.17, 15) is 9.59 Å². The molecule has 4 nitrogen and oxygen atoms in total. The smallest absolute Gasteiger partial charge is 0.352 e. The first kappa shape index (κ1) is 11.3. The second kappa shape index (κ2) is 4.03. The monoisotopic (exact) mass is 345 g/mol. The number of hydrogen-bond acceptors (Lipinski definition) is 2. The van der Waals surface area contributed by atoms with Gasteiger partial charge in [0.1, 0.15) is 5.69 Å². The van der Waals surface area contributed by atoms with Crippen LogP contribution in [0, 0.1) is 0 Å². The Bertz CT molecular complexity index is 648. The SMILES string of the molecule is O=C(O)c1cc(=O)c2c(Br)ccc(Br)c2[nH]1. The molecule has 82 valence electrons. The van der Waals surface area contributed by atoms with Gasteiger partial charge in [-0.3, -0.25) is 4.79 Å². The summed E-state index contributed by atoms with van der Waals surface area (Å²) in [6, 6.07) is 4.53. The number of benzene rings is 1. The Labute approximate surface area is 107 Å². The Morgan fingerprint density at radius 3 is 2.50 bits per heavy atom. The molecule has 0 unspecified atom stereocenters. The van der Waals surface area contributed by atoms with Gasteiger partial charge in [0.25, 0.3) is 0 Å². The molecule has 0 aliphatic heterocycles. The third-order valence-electron chi connectivity index (χ3n) is 2.12. The molecular formula is C10H5Br2NO3. The van der Waals surface area contributed by atoms with Gasteiger partial charge >= 0.3 is 5.97 Å². The Hall–Kier alpha value is -1.14. The van der Waals surface area contributed by atoms with E-state index in [0.29, 0.717) is 19.8 Å². The third-order valence-corrected chi connectivity index (χ3v) is 3.44. The van der Waals surface area contributed by atoms with Crippen LogP contribution >= 0.6 is 31.9 Å². The van der Waals surface area contributed by atoms with Crippen molar-refractivity contribution in [3.63, 3.8) is 0 Å². The number of halogens is 2. The zero-order chi connectivity index (χ0) is 11.9. The lowest BCUT2D eigenvalue weighted by Crippen LogP contribution is -2.10. The summed E-state index contributed by atoms with van der Waals surface area (Å²) in [5, 5.41) is 9.26. The Morgan fingerprint density at radius 1 is 1.25 bits per heavy atom. The number of aromatic amines is 1. The van der Waals surface area contributed by atoms with Crippen LogP contribution in [0.25, 0.3) is 10.9 Å². The van der Waals surface area contributed by atoms with E-state index < -0.39 is 5.97 Å². The molecule has 16 heavy (non-hydrogen) atoms. The number of aromatic carboxylic acids is 1. The summed E-state index contributed by atoms with van der Waals surface area (Å²) >= 11 is 6.52. The van der Waals surface area contributed by atoms with Crippen molar-refractivity contribution in [1.82, 2.24) is 4.98 Å². The van der Waals surface area contributed by atoms with Gasteiger partial charge in [0, 0.05) is 15.0 Å².